The summed E-state index contributed by atoms with van der Waals surface area (Å²) < 4.78 is 5.01. The molecule has 4 heteroatoms. The van der Waals surface area contributed by atoms with Crippen LogP contribution < -0.4 is 4.74 Å². The van der Waals surface area contributed by atoms with Crippen molar-refractivity contribution in [3.8, 4) is 5.75 Å². The number of carbonyl (C=O) groups is 2. The van der Waals surface area contributed by atoms with Crippen LogP contribution in [0.15, 0.2) is 36.4 Å². The Morgan fingerprint density at radius 3 is 2.56 bits per heavy atom. The van der Waals surface area contributed by atoms with Crippen molar-refractivity contribution in [2.24, 2.45) is 0 Å². The van der Waals surface area contributed by atoms with Crippen molar-refractivity contribution >= 4 is 11.9 Å². The van der Waals surface area contributed by atoms with Gasteiger partial charge in [-0.05, 0) is 18.6 Å². The Balaban J connectivity index is 2.68. The van der Waals surface area contributed by atoms with Gasteiger partial charge in [0.25, 0.3) is 0 Å². The molecule has 1 aromatic rings. The summed E-state index contributed by atoms with van der Waals surface area (Å²) in [6.45, 7) is 5.16. The van der Waals surface area contributed by atoms with Crippen LogP contribution in [0.3, 0.4) is 0 Å². The van der Waals surface area contributed by atoms with Crippen LogP contribution in [0.1, 0.15) is 12.0 Å². The second kappa shape index (κ2) is 5.11. The molecule has 0 aliphatic carbocycles. The zero-order valence-corrected chi connectivity index (χ0v) is 8.90. The maximum atomic E-state index is 11.4. The Labute approximate surface area is 93.2 Å². The number of carboxylic acid groups (broad SMARTS) is 1. The number of benzene rings is 1. The molecule has 4 nitrogen and oxygen atoms in total. The maximum Gasteiger partial charge on any atom is 0.339 e. The standard InChI is InChI=1S/C12H12O4/c1-8-5-3-4-6-10(8)16-12(15)9(2)7-11(13)14/h3-6H,2,7H2,1H3,(H,13,14). The van der Waals surface area contributed by atoms with Gasteiger partial charge < -0.3 is 9.84 Å². The third-order valence-corrected chi connectivity index (χ3v) is 1.95. The molecule has 0 radical (unpaired) electrons. The summed E-state index contributed by atoms with van der Waals surface area (Å²) in [7, 11) is 0. The quantitative estimate of drug-likeness (QED) is 0.478. The van der Waals surface area contributed by atoms with E-state index in [1.165, 1.54) is 0 Å². The molecule has 0 aliphatic rings. The smallest absolute Gasteiger partial charge is 0.339 e. The fourth-order valence-electron chi connectivity index (χ4n) is 1.10. The van der Waals surface area contributed by atoms with Gasteiger partial charge in [-0.1, -0.05) is 24.8 Å². The highest BCUT2D eigenvalue weighted by molar-refractivity contribution is 5.94. The number of carboxylic acids is 1. The van der Waals surface area contributed by atoms with E-state index in [9.17, 15) is 9.59 Å². The minimum Gasteiger partial charge on any atom is -0.481 e. The summed E-state index contributed by atoms with van der Waals surface area (Å²) in [6.07, 6.45) is -0.412. The zero-order valence-electron chi connectivity index (χ0n) is 8.90. The van der Waals surface area contributed by atoms with Gasteiger partial charge in [0.05, 0.1) is 6.42 Å². The van der Waals surface area contributed by atoms with Crippen molar-refractivity contribution in [1.29, 1.82) is 0 Å². The van der Waals surface area contributed by atoms with E-state index in [4.69, 9.17) is 9.84 Å². The predicted octanol–water partition coefficient (Wildman–Crippen LogP) is 1.93. The number of hydrogen-bond donors (Lipinski definition) is 1. The second-order valence-corrected chi connectivity index (χ2v) is 3.33. The molecule has 1 aromatic carbocycles. The van der Waals surface area contributed by atoms with Crippen LogP contribution in [0.2, 0.25) is 0 Å². The van der Waals surface area contributed by atoms with Gasteiger partial charge in [-0.3, -0.25) is 4.79 Å². The van der Waals surface area contributed by atoms with Crippen molar-refractivity contribution < 1.29 is 19.4 Å². The molecule has 84 valence electrons. The van der Waals surface area contributed by atoms with Crippen LogP contribution in [-0.4, -0.2) is 17.0 Å². The van der Waals surface area contributed by atoms with E-state index < -0.39 is 18.4 Å². The first-order valence-electron chi connectivity index (χ1n) is 4.68. The van der Waals surface area contributed by atoms with E-state index >= 15 is 0 Å². The Kier molecular flexibility index (Phi) is 3.83. The van der Waals surface area contributed by atoms with Gasteiger partial charge in [0.1, 0.15) is 5.75 Å². The number of rotatable bonds is 4. The second-order valence-electron chi connectivity index (χ2n) is 3.33. The first kappa shape index (κ1) is 12.0. The Bertz CT molecular complexity index is 434. The van der Waals surface area contributed by atoms with Gasteiger partial charge in [0.15, 0.2) is 0 Å². The van der Waals surface area contributed by atoms with Crippen LogP contribution in [0, 0.1) is 6.92 Å². The van der Waals surface area contributed by atoms with E-state index in [2.05, 4.69) is 6.58 Å². The minimum atomic E-state index is -1.10. The van der Waals surface area contributed by atoms with Gasteiger partial charge in [0.2, 0.25) is 0 Å². The molecule has 0 spiro atoms. The Morgan fingerprint density at radius 1 is 1.38 bits per heavy atom. The summed E-state index contributed by atoms with van der Waals surface area (Å²) >= 11 is 0. The molecule has 1 rings (SSSR count). The van der Waals surface area contributed by atoms with E-state index in [0.29, 0.717) is 5.75 Å². The van der Waals surface area contributed by atoms with Crippen LogP contribution in [-0.2, 0) is 9.59 Å². The molecule has 0 aliphatic heterocycles. The molecule has 0 bridgehead atoms. The molecule has 16 heavy (non-hydrogen) atoms. The average molecular weight is 220 g/mol. The number of aryl methyl sites for hydroxylation is 1. The Hall–Kier alpha value is -2.10. The van der Waals surface area contributed by atoms with E-state index in [1.807, 2.05) is 6.07 Å². The van der Waals surface area contributed by atoms with Crippen molar-refractivity contribution in [3.63, 3.8) is 0 Å². The molecular weight excluding hydrogens is 208 g/mol. The number of carbonyl (C=O) groups excluding carboxylic acids is 1. The highest BCUT2D eigenvalue weighted by Crippen LogP contribution is 2.17. The van der Waals surface area contributed by atoms with Crippen LogP contribution in [0.4, 0.5) is 0 Å². The number of hydrogen-bond acceptors (Lipinski definition) is 3. The highest BCUT2D eigenvalue weighted by atomic mass is 16.5. The lowest BCUT2D eigenvalue weighted by Crippen LogP contribution is -2.13. The molecule has 0 saturated heterocycles. The van der Waals surface area contributed by atoms with Gasteiger partial charge in [-0.25, -0.2) is 4.79 Å². The average Bonchev–Trinajstić information content (AvgIpc) is 2.20. The lowest BCUT2D eigenvalue weighted by Gasteiger charge is -2.07. The first-order valence-corrected chi connectivity index (χ1v) is 4.68. The summed E-state index contributed by atoms with van der Waals surface area (Å²) in [6, 6.07) is 6.98. The maximum absolute atomic E-state index is 11.4. The summed E-state index contributed by atoms with van der Waals surface area (Å²) in [5.41, 5.74) is 0.731. The SMILES string of the molecule is C=C(CC(=O)O)C(=O)Oc1ccccc1C. The Morgan fingerprint density at radius 2 is 2.00 bits per heavy atom. The highest BCUT2D eigenvalue weighted by Gasteiger charge is 2.13. The molecular formula is C12H12O4. The number of aliphatic carboxylic acids is 1. The number of para-hydroxylation sites is 1. The van der Waals surface area contributed by atoms with Crippen LogP contribution in [0.5, 0.6) is 5.75 Å². The van der Waals surface area contributed by atoms with Gasteiger partial charge >= 0.3 is 11.9 Å². The van der Waals surface area contributed by atoms with E-state index in [-0.39, 0.29) is 5.57 Å². The lowest BCUT2D eigenvalue weighted by atomic mass is 10.2. The predicted molar refractivity (Wildman–Crippen MR) is 58.2 cm³/mol. The monoisotopic (exact) mass is 220 g/mol. The molecule has 1 N–H and O–H groups in total. The van der Waals surface area contributed by atoms with Gasteiger partial charge in [-0.2, -0.15) is 0 Å². The normalized spacial score (nSPS) is 9.56. The van der Waals surface area contributed by atoms with E-state index in [0.717, 1.165) is 5.56 Å². The van der Waals surface area contributed by atoms with Crippen LogP contribution >= 0.6 is 0 Å². The van der Waals surface area contributed by atoms with Gasteiger partial charge in [-0.15, -0.1) is 0 Å². The van der Waals surface area contributed by atoms with Crippen molar-refractivity contribution in [1.82, 2.24) is 0 Å². The lowest BCUT2D eigenvalue weighted by molar-refractivity contribution is -0.138. The molecule has 0 amide bonds. The molecule has 0 heterocycles. The topological polar surface area (TPSA) is 63.6 Å². The van der Waals surface area contributed by atoms with Gasteiger partial charge in [0, 0.05) is 5.57 Å². The van der Waals surface area contributed by atoms with E-state index in [1.54, 1.807) is 25.1 Å². The third-order valence-electron chi connectivity index (χ3n) is 1.95. The van der Waals surface area contributed by atoms with Crippen molar-refractivity contribution in [3.05, 3.63) is 42.0 Å². The molecule has 0 saturated carbocycles. The van der Waals surface area contributed by atoms with Crippen molar-refractivity contribution in [2.45, 2.75) is 13.3 Å². The summed E-state index contributed by atoms with van der Waals surface area (Å²) in [4.78, 5) is 21.8. The first-order chi connectivity index (χ1) is 7.50. The zero-order chi connectivity index (χ0) is 12.1. The molecule has 0 atom stereocenters. The molecule has 0 unspecified atom stereocenters. The molecule has 0 fully saturated rings. The fraction of sp³-hybridized carbons (Fsp3) is 0.167. The third kappa shape index (κ3) is 3.24. The number of esters is 1. The number of ether oxygens (including phenoxy) is 1. The van der Waals surface area contributed by atoms with Crippen molar-refractivity contribution in [2.75, 3.05) is 0 Å². The summed E-state index contributed by atoms with van der Waals surface area (Å²) in [5, 5.41) is 8.48. The minimum absolute atomic E-state index is 0.0734. The fourth-order valence-corrected chi connectivity index (χ4v) is 1.10. The summed E-state index contributed by atoms with van der Waals surface area (Å²) in [5.74, 6) is -1.40. The molecule has 0 aromatic heterocycles. The largest absolute Gasteiger partial charge is 0.481 e. The van der Waals surface area contributed by atoms with Crippen LogP contribution in [0.25, 0.3) is 0 Å².